The van der Waals surface area contributed by atoms with Crippen molar-refractivity contribution in [2.75, 3.05) is 11.9 Å². The summed E-state index contributed by atoms with van der Waals surface area (Å²) >= 11 is 3.31. The molecule has 1 atom stereocenters. The van der Waals surface area contributed by atoms with E-state index in [9.17, 15) is 9.90 Å². The number of aromatic carboxylic acids is 1. The molecular weight excluding hydrogens is 294 g/mol. The molecule has 0 saturated heterocycles. The van der Waals surface area contributed by atoms with Gasteiger partial charge in [-0.1, -0.05) is 36.7 Å². The van der Waals surface area contributed by atoms with Gasteiger partial charge in [0.25, 0.3) is 0 Å². The van der Waals surface area contributed by atoms with Crippen molar-refractivity contribution in [2.24, 2.45) is 5.41 Å². The fourth-order valence-corrected chi connectivity index (χ4v) is 2.14. The molecule has 0 aliphatic heterocycles. The molecule has 1 unspecified atom stereocenters. The summed E-state index contributed by atoms with van der Waals surface area (Å²) in [6.07, 6.45) is 0. The minimum Gasteiger partial charge on any atom is -0.478 e. The topological polar surface area (TPSA) is 40.5 Å². The second-order valence-electron chi connectivity index (χ2n) is 5.62. The average molecular weight is 314 g/mol. The molecule has 1 rings (SSSR count). The first kappa shape index (κ1) is 15.0. The van der Waals surface area contributed by atoms with Crippen molar-refractivity contribution in [1.82, 2.24) is 0 Å². The summed E-state index contributed by atoms with van der Waals surface area (Å²) in [5, 5.41) is 9.28. The van der Waals surface area contributed by atoms with Gasteiger partial charge in [0.2, 0.25) is 0 Å². The van der Waals surface area contributed by atoms with Crippen molar-refractivity contribution in [3.8, 4) is 0 Å². The third kappa shape index (κ3) is 3.25. The van der Waals surface area contributed by atoms with Crippen molar-refractivity contribution < 1.29 is 9.90 Å². The lowest BCUT2D eigenvalue weighted by molar-refractivity contribution is 0.0697. The van der Waals surface area contributed by atoms with Gasteiger partial charge < -0.3 is 10.0 Å². The molecule has 0 radical (unpaired) electrons. The maximum atomic E-state index is 11.3. The van der Waals surface area contributed by atoms with E-state index in [1.165, 1.54) is 0 Å². The van der Waals surface area contributed by atoms with Gasteiger partial charge in [-0.2, -0.15) is 0 Å². The van der Waals surface area contributed by atoms with Gasteiger partial charge in [0.1, 0.15) is 0 Å². The predicted octanol–water partition coefficient (Wildman–Crippen LogP) is 4.02. The Morgan fingerprint density at radius 2 is 1.94 bits per heavy atom. The number of carboxylic acids is 1. The van der Waals surface area contributed by atoms with E-state index in [1.807, 2.05) is 24.1 Å². The molecular formula is C14H20BrNO2. The van der Waals surface area contributed by atoms with Crippen LogP contribution < -0.4 is 4.90 Å². The lowest BCUT2D eigenvalue weighted by Crippen LogP contribution is -2.40. The first-order valence-corrected chi connectivity index (χ1v) is 6.69. The smallest absolute Gasteiger partial charge is 0.337 e. The molecule has 0 aliphatic rings. The van der Waals surface area contributed by atoms with Gasteiger partial charge in [-0.3, -0.25) is 0 Å². The lowest BCUT2D eigenvalue weighted by atomic mass is 9.86. The summed E-state index contributed by atoms with van der Waals surface area (Å²) in [7, 11) is 1.94. The maximum Gasteiger partial charge on any atom is 0.337 e. The van der Waals surface area contributed by atoms with E-state index in [1.54, 1.807) is 6.07 Å². The highest BCUT2D eigenvalue weighted by atomic mass is 79.9. The molecule has 1 aromatic carbocycles. The van der Waals surface area contributed by atoms with Crippen LogP contribution in [-0.4, -0.2) is 24.2 Å². The van der Waals surface area contributed by atoms with Crippen LogP contribution in [0.25, 0.3) is 0 Å². The summed E-state index contributed by atoms with van der Waals surface area (Å²) in [6.45, 7) is 8.54. The third-order valence-electron chi connectivity index (χ3n) is 3.40. The molecule has 0 aromatic heterocycles. The van der Waals surface area contributed by atoms with E-state index in [0.717, 1.165) is 10.2 Å². The Hall–Kier alpha value is -1.03. The number of halogens is 1. The number of anilines is 1. The van der Waals surface area contributed by atoms with E-state index in [4.69, 9.17) is 0 Å². The van der Waals surface area contributed by atoms with Crippen LogP contribution in [-0.2, 0) is 0 Å². The molecule has 1 N–H and O–H groups in total. The zero-order valence-corrected chi connectivity index (χ0v) is 13.1. The van der Waals surface area contributed by atoms with Gasteiger partial charge in [-0.25, -0.2) is 4.79 Å². The van der Waals surface area contributed by atoms with Crippen molar-refractivity contribution in [2.45, 2.75) is 33.7 Å². The van der Waals surface area contributed by atoms with E-state index >= 15 is 0 Å². The second-order valence-corrected chi connectivity index (χ2v) is 6.54. The van der Waals surface area contributed by atoms with Crippen LogP contribution in [0.4, 0.5) is 5.69 Å². The van der Waals surface area contributed by atoms with E-state index < -0.39 is 5.97 Å². The molecule has 18 heavy (non-hydrogen) atoms. The van der Waals surface area contributed by atoms with Crippen LogP contribution in [0.15, 0.2) is 22.7 Å². The van der Waals surface area contributed by atoms with Gasteiger partial charge in [0, 0.05) is 17.6 Å². The molecule has 0 heterocycles. The quantitative estimate of drug-likeness (QED) is 0.916. The highest BCUT2D eigenvalue weighted by Gasteiger charge is 2.26. The molecule has 4 heteroatoms. The molecule has 1 aromatic rings. The Morgan fingerprint density at radius 1 is 1.39 bits per heavy atom. The lowest BCUT2D eigenvalue weighted by Gasteiger charge is -2.37. The molecule has 0 amide bonds. The van der Waals surface area contributed by atoms with Crippen molar-refractivity contribution >= 4 is 27.6 Å². The molecule has 0 bridgehead atoms. The number of carbonyl (C=O) groups is 1. The largest absolute Gasteiger partial charge is 0.478 e. The first-order valence-electron chi connectivity index (χ1n) is 5.90. The van der Waals surface area contributed by atoms with Crippen LogP contribution in [0.5, 0.6) is 0 Å². The van der Waals surface area contributed by atoms with Gasteiger partial charge in [0.05, 0.1) is 11.3 Å². The third-order valence-corrected chi connectivity index (χ3v) is 3.90. The minimum atomic E-state index is -0.903. The molecule has 0 saturated carbocycles. The highest BCUT2D eigenvalue weighted by molar-refractivity contribution is 9.10. The van der Waals surface area contributed by atoms with Crippen molar-refractivity contribution in [3.63, 3.8) is 0 Å². The van der Waals surface area contributed by atoms with Gasteiger partial charge >= 0.3 is 5.97 Å². The van der Waals surface area contributed by atoms with Crippen LogP contribution in [0.1, 0.15) is 38.1 Å². The predicted molar refractivity (Wildman–Crippen MR) is 78.4 cm³/mol. The SMILES string of the molecule is CC(N(C)c1ccc(Br)cc1C(=O)O)C(C)(C)C. The molecule has 0 spiro atoms. The van der Waals surface area contributed by atoms with Crippen LogP contribution in [0.3, 0.4) is 0 Å². The normalized spacial score (nSPS) is 13.2. The number of rotatable bonds is 3. The summed E-state index contributed by atoms with van der Waals surface area (Å²) in [5.74, 6) is -0.903. The molecule has 3 nitrogen and oxygen atoms in total. The van der Waals surface area contributed by atoms with Gasteiger partial charge in [-0.15, -0.1) is 0 Å². The van der Waals surface area contributed by atoms with Crippen LogP contribution in [0.2, 0.25) is 0 Å². The Bertz CT molecular complexity index is 452. The molecule has 0 aliphatic carbocycles. The van der Waals surface area contributed by atoms with E-state index in [0.29, 0.717) is 5.56 Å². The fourth-order valence-electron chi connectivity index (χ4n) is 1.78. The second kappa shape index (κ2) is 5.31. The number of nitrogens with zero attached hydrogens (tertiary/aromatic N) is 1. The molecule has 0 fully saturated rings. The van der Waals surface area contributed by atoms with Crippen molar-refractivity contribution in [3.05, 3.63) is 28.2 Å². The summed E-state index contributed by atoms with van der Waals surface area (Å²) in [4.78, 5) is 13.3. The molecule has 100 valence electrons. The fraction of sp³-hybridized carbons (Fsp3) is 0.500. The maximum absolute atomic E-state index is 11.3. The highest BCUT2D eigenvalue weighted by Crippen LogP contribution is 2.30. The monoisotopic (exact) mass is 313 g/mol. The number of benzene rings is 1. The summed E-state index contributed by atoms with van der Waals surface area (Å²) in [6, 6.07) is 5.59. The summed E-state index contributed by atoms with van der Waals surface area (Å²) in [5.41, 5.74) is 1.15. The van der Waals surface area contributed by atoms with E-state index in [-0.39, 0.29) is 11.5 Å². The van der Waals surface area contributed by atoms with Gasteiger partial charge in [0.15, 0.2) is 0 Å². The van der Waals surface area contributed by atoms with E-state index in [2.05, 4.69) is 43.6 Å². The number of carboxylic acid groups (broad SMARTS) is 1. The van der Waals surface area contributed by atoms with Gasteiger partial charge in [-0.05, 0) is 30.5 Å². The Kier molecular flexibility index (Phi) is 4.43. The Balaban J connectivity index is 3.21. The van der Waals surface area contributed by atoms with Crippen molar-refractivity contribution in [1.29, 1.82) is 0 Å². The minimum absolute atomic E-state index is 0.0809. The average Bonchev–Trinajstić information content (AvgIpc) is 2.25. The number of hydrogen-bond acceptors (Lipinski definition) is 2. The first-order chi connectivity index (χ1) is 8.14. The standard InChI is InChI=1S/C14H20BrNO2/c1-9(14(2,3)4)16(5)12-7-6-10(15)8-11(12)13(17)18/h6-9H,1-5H3,(H,17,18). The summed E-state index contributed by atoms with van der Waals surface area (Å²) < 4.78 is 0.778. The van der Waals surface area contributed by atoms with Crippen LogP contribution in [0, 0.1) is 5.41 Å². The van der Waals surface area contributed by atoms with Crippen LogP contribution >= 0.6 is 15.9 Å². The zero-order chi connectivity index (χ0) is 14.1. The number of hydrogen-bond donors (Lipinski definition) is 1. The Morgan fingerprint density at radius 3 is 2.39 bits per heavy atom. The Labute approximate surface area is 117 Å². The zero-order valence-electron chi connectivity index (χ0n) is 11.5.